The molecule has 1 heterocycles. The number of non-ortho nitro benzene ring substituents is 1. The third kappa shape index (κ3) is 4.14. The van der Waals surface area contributed by atoms with Gasteiger partial charge in [-0.25, -0.2) is 9.78 Å². The monoisotopic (exact) mass is 360 g/mol. The topological polar surface area (TPSA) is 155 Å². The van der Waals surface area contributed by atoms with E-state index in [0.29, 0.717) is 0 Å². The molecule has 26 heavy (non-hydrogen) atoms. The first-order chi connectivity index (χ1) is 12.3. The van der Waals surface area contributed by atoms with Crippen LogP contribution in [0.15, 0.2) is 36.4 Å². The van der Waals surface area contributed by atoms with Crippen LogP contribution in [0.5, 0.6) is 0 Å². The Labute approximate surface area is 145 Å². The molecule has 0 fully saturated rings. The summed E-state index contributed by atoms with van der Waals surface area (Å²) < 4.78 is 4.78. The Morgan fingerprint density at radius 3 is 2.42 bits per heavy atom. The van der Waals surface area contributed by atoms with Crippen molar-refractivity contribution in [2.75, 3.05) is 11.9 Å². The maximum atomic E-state index is 12.3. The number of esters is 1. The number of nitrogens with one attached hydrogen (secondary N) is 1. The van der Waals surface area contributed by atoms with Gasteiger partial charge >= 0.3 is 5.97 Å². The molecular formula is C15H12N4O7. The summed E-state index contributed by atoms with van der Waals surface area (Å²) in [5, 5.41) is 24.1. The highest BCUT2D eigenvalue weighted by molar-refractivity contribution is 6.04. The van der Waals surface area contributed by atoms with Crippen molar-refractivity contribution in [1.82, 2.24) is 4.98 Å². The van der Waals surface area contributed by atoms with Gasteiger partial charge in [0.2, 0.25) is 0 Å². The van der Waals surface area contributed by atoms with E-state index in [4.69, 9.17) is 4.74 Å². The van der Waals surface area contributed by atoms with Gasteiger partial charge in [0, 0.05) is 6.07 Å². The van der Waals surface area contributed by atoms with Gasteiger partial charge in [-0.1, -0.05) is 6.07 Å². The number of pyridine rings is 1. The zero-order valence-electron chi connectivity index (χ0n) is 13.4. The smallest absolute Gasteiger partial charge is 0.356 e. The number of hydrogen-bond donors (Lipinski definition) is 1. The Hall–Kier alpha value is -3.89. The molecule has 0 spiro atoms. The van der Waals surface area contributed by atoms with Crippen LogP contribution in [-0.2, 0) is 4.74 Å². The Morgan fingerprint density at radius 1 is 1.12 bits per heavy atom. The number of aromatic nitrogens is 1. The number of ether oxygens (including phenoxy) is 1. The summed E-state index contributed by atoms with van der Waals surface area (Å²) >= 11 is 0. The van der Waals surface area contributed by atoms with Crippen molar-refractivity contribution < 1.29 is 24.2 Å². The van der Waals surface area contributed by atoms with Gasteiger partial charge in [0.25, 0.3) is 17.3 Å². The van der Waals surface area contributed by atoms with Crippen molar-refractivity contribution in [3.8, 4) is 0 Å². The van der Waals surface area contributed by atoms with Crippen LogP contribution in [0.4, 0.5) is 17.1 Å². The van der Waals surface area contributed by atoms with Crippen molar-refractivity contribution in [3.63, 3.8) is 0 Å². The molecule has 0 aliphatic heterocycles. The summed E-state index contributed by atoms with van der Waals surface area (Å²) in [4.78, 5) is 47.9. The van der Waals surface area contributed by atoms with Crippen LogP contribution in [0.1, 0.15) is 27.9 Å². The van der Waals surface area contributed by atoms with E-state index in [0.717, 1.165) is 18.2 Å². The number of amides is 1. The molecule has 0 saturated carbocycles. The summed E-state index contributed by atoms with van der Waals surface area (Å²) in [7, 11) is 0. The van der Waals surface area contributed by atoms with Gasteiger partial charge < -0.3 is 10.1 Å². The number of benzene rings is 1. The average Bonchev–Trinajstić information content (AvgIpc) is 2.62. The van der Waals surface area contributed by atoms with E-state index in [2.05, 4.69) is 10.3 Å². The largest absolute Gasteiger partial charge is 0.461 e. The molecule has 11 heteroatoms. The van der Waals surface area contributed by atoms with Crippen molar-refractivity contribution in [2.24, 2.45) is 0 Å². The number of nitro groups is 2. The molecule has 1 aromatic heterocycles. The lowest BCUT2D eigenvalue weighted by Gasteiger charge is -2.07. The van der Waals surface area contributed by atoms with Gasteiger partial charge in [0.1, 0.15) is 17.1 Å². The van der Waals surface area contributed by atoms with Crippen LogP contribution in [0, 0.1) is 20.2 Å². The van der Waals surface area contributed by atoms with Crippen LogP contribution < -0.4 is 5.32 Å². The fourth-order valence-corrected chi connectivity index (χ4v) is 1.96. The Kier molecular flexibility index (Phi) is 5.53. The standard InChI is InChI=1S/C15H12N4O7/c1-2-26-15(21)12-5-3-4-11(16-12)14(20)17-10-7-6-9(18(22)23)8-13(10)19(24)25/h3-8H,2H2,1H3,(H,17,20). The van der Waals surface area contributed by atoms with Gasteiger partial charge in [-0.15, -0.1) is 0 Å². The van der Waals surface area contributed by atoms with Crippen molar-refractivity contribution in [3.05, 3.63) is 68.0 Å². The van der Waals surface area contributed by atoms with E-state index in [9.17, 15) is 29.8 Å². The predicted octanol–water partition coefficient (Wildman–Crippen LogP) is 2.33. The van der Waals surface area contributed by atoms with Gasteiger partial charge in [0.15, 0.2) is 0 Å². The van der Waals surface area contributed by atoms with Crippen LogP contribution >= 0.6 is 0 Å². The van der Waals surface area contributed by atoms with E-state index >= 15 is 0 Å². The summed E-state index contributed by atoms with van der Waals surface area (Å²) in [6.07, 6.45) is 0. The second-order valence-corrected chi connectivity index (χ2v) is 4.80. The number of hydrogen-bond acceptors (Lipinski definition) is 8. The summed E-state index contributed by atoms with van der Waals surface area (Å²) in [5.41, 5.74) is -1.65. The van der Waals surface area contributed by atoms with Crippen LogP contribution in [0.2, 0.25) is 0 Å². The normalized spacial score (nSPS) is 10.0. The molecule has 1 amide bonds. The maximum absolute atomic E-state index is 12.3. The number of rotatable bonds is 6. The number of carbonyl (C=O) groups is 2. The summed E-state index contributed by atoms with van der Waals surface area (Å²) in [6.45, 7) is 1.74. The number of anilines is 1. The number of carbonyl (C=O) groups excluding carboxylic acids is 2. The summed E-state index contributed by atoms with van der Waals surface area (Å²) in [6, 6.07) is 6.85. The molecule has 11 nitrogen and oxygen atoms in total. The number of nitro benzene ring substituents is 2. The molecule has 1 N–H and O–H groups in total. The van der Waals surface area contributed by atoms with Crippen LogP contribution in [-0.4, -0.2) is 33.3 Å². The first kappa shape index (κ1) is 18.4. The highest BCUT2D eigenvalue weighted by Crippen LogP contribution is 2.29. The first-order valence-corrected chi connectivity index (χ1v) is 7.21. The molecule has 2 aromatic rings. The second-order valence-electron chi connectivity index (χ2n) is 4.80. The van der Waals surface area contributed by atoms with E-state index in [-0.39, 0.29) is 23.7 Å². The Balaban J connectivity index is 2.30. The third-order valence-corrected chi connectivity index (χ3v) is 3.10. The molecule has 0 atom stereocenters. The summed E-state index contributed by atoms with van der Waals surface area (Å²) in [5.74, 6) is -1.54. The second kappa shape index (κ2) is 7.79. The molecular weight excluding hydrogens is 348 g/mol. The minimum absolute atomic E-state index is 0.0994. The van der Waals surface area contributed by atoms with E-state index in [1.165, 1.54) is 18.2 Å². The van der Waals surface area contributed by atoms with E-state index < -0.39 is 33.1 Å². The molecule has 134 valence electrons. The molecule has 0 bridgehead atoms. The lowest BCUT2D eigenvalue weighted by Crippen LogP contribution is -2.17. The molecule has 0 aliphatic carbocycles. The van der Waals surface area contributed by atoms with Crippen molar-refractivity contribution in [1.29, 1.82) is 0 Å². The SMILES string of the molecule is CCOC(=O)c1cccc(C(=O)Nc2ccc([N+](=O)[O-])cc2[N+](=O)[O-])n1. The third-order valence-electron chi connectivity index (χ3n) is 3.10. The fraction of sp³-hybridized carbons (Fsp3) is 0.133. The zero-order valence-corrected chi connectivity index (χ0v) is 13.4. The lowest BCUT2D eigenvalue weighted by molar-refractivity contribution is -0.393. The van der Waals surface area contributed by atoms with Crippen molar-refractivity contribution >= 4 is 28.9 Å². The van der Waals surface area contributed by atoms with Gasteiger partial charge in [0.05, 0.1) is 22.5 Å². The lowest BCUT2D eigenvalue weighted by atomic mass is 10.2. The Bertz CT molecular complexity index is 897. The molecule has 2 rings (SSSR count). The predicted molar refractivity (Wildman–Crippen MR) is 87.9 cm³/mol. The minimum atomic E-state index is -0.856. The van der Waals surface area contributed by atoms with Gasteiger partial charge in [-0.2, -0.15) is 0 Å². The van der Waals surface area contributed by atoms with E-state index in [1.807, 2.05) is 0 Å². The van der Waals surface area contributed by atoms with Gasteiger partial charge in [-0.05, 0) is 25.1 Å². The minimum Gasteiger partial charge on any atom is -0.461 e. The first-order valence-electron chi connectivity index (χ1n) is 7.21. The average molecular weight is 360 g/mol. The fourth-order valence-electron chi connectivity index (χ4n) is 1.96. The molecule has 0 unspecified atom stereocenters. The maximum Gasteiger partial charge on any atom is 0.356 e. The van der Waals surface area contributed by atoms with E-state index in [1.54, 1.807) is 6.92 Å². The molecule has 0 saturated heterocycles. The highest BCUT2D eigenvalue weighted by Gasteiger charge is 2.22. The van der Waals surface area contributed by atoms with Crippen LogP contribution in [0.3, 0.4) is 0 Å². The quantitative estimate of drug-likeness (QED) is 0.467. The van der Waals surface area contributed by atoms with Crippen molar-refractivity contribution in [2.45, 2.75) is 6.92 Å². The van der Waals surface area contributed by atoms with Crippen LogP contribution in [0.25, 0.3) is 0 Å². The highest BCUT2D eigenvalue weighted by atomic mass is 16.6. The molecule has 1 aromatic carbocycles. The Morgan fingerprint density at radius 2 is 1.81 bits per heavy atom. The number of nitrogens with zero attached hydrogens (tertiary/aromatic N) is 3. The molecule has 0 radical (unpaired) electrons. The molecule has 0 aliphatic rings. The zero-order chi connectivity index (χ0) is 19.3. The van der Waals surface area contributed by atoms with Gasteiger partial charge in [-0.3, -0.25) is 25.0 Å².